The maximum atomic E-state index is 12.0. The second-order valence-corrected chi connectivity index (χ2v) is 7.43. The molecule has 0 fully saturated rings. The van der Waals surface area contributed by atoms with Gasteiger partial charge >= 0.3 is 5.97 Å². The zero-order valence-corrected chi connectivity index (χ0v) is 14.6. The van der Waals surface area contributed by atoms with Crippen molar-refractivity contribution in [3.63, 3.8) is 0 Å². The molecule has 2 aliphatic heterocycles. The number of carbonyl (C=O) groups excluding carboxylic acids is 3. The summed E-state index contributed by atoms with van der Waals surface area (Å²) in [5, 5.41) is 12.0. The minimum atomic E-state index is -0.635. The quantitative estimate of drug-likeness (QED) is 0.315. The molecule has 2 heterocycles. The largest absolute Gasteiger partial charge is 0.624 e. The topological polar surface area (TPSA) is 89.8 Å². The lowest BCUT2D eigenvalue weighted by atomic mass is 9.73. The summed E-state index contributed by atoms with van der Waals surface area (Å²) in [4.78, 5) is 35.8. The van der Waals surface area contributed by atoms with E-state index in [0.29, 0.717) is 6.42 Å². The number of esters is 1. The van der Waals surface area contributed by atoms with Crippen LogP contribution in [0.3, 0.4) is 0 Å². The molecule has 0 aromatic rings. The van der Waals surface area contributed by atoms with Crippen LogP contribution in [0.25, 0.3) is 0 Å². The fourth-order valence-electron chi connectivity index (χ4n) is 3.32. The number of ether oxygens (including phenoxy) is 1. The molecule has 0 bridgehead atoms. The Bertz CT molecular complexity index is 600. The minimum Gasteiger partial charge on any atom is -0.624 e. The van der Waals surface area contributed by atoms with E-state index < -0.39 is 11.5 Å². The van der Waals surface area contributed by atoms with Crippen molar-refractivity contribution < 1.29 is 23.9 Å². The van der Waals surface area contributed by atoms with Crippen molar-refractivity contribution in [2.24, 2.45) is 11.3 Å². The van der Waals surface area contributed by atoms with Crippen LogP contribution in [-0.2, 0) is 19.1 Å². The number of nitrogens with zero attached hydrogens (tertiary/aromatic N) is 2. The maximum absolute atomic E-state index is 12.0. The van der Waals surface area contributed by atoms with Crippen molar-refractivity contribution in [1.29, 1.82) is 0 Å². The molecular formula is C17H24N2O5. The van der Waals surface area contributed by atoms with Gasteiger partial charge in [0.15, 0.2) is 11.8 Å². The van der Waals surface area contributed by atoms with E-state index >= 15 is 0 Å². The van der Waals surface area contributed by atoms with Gasteiger partial charge in [-0.25, -0.2) is 4.74 Å². The molecule has 0 aliphatic carbocycles. The van der Waals surface area contributed by atoms with E-state index in [0.717, 1.165) is 9.64 Å². The molecule has 2 rings (SSSR count). The lowest BCUT2D eigenvalue weighted by Crippen LogP contribution is -2.42. The Labute approximate surface area is 141 Å². The Kier molecular flexibility index (Phi) is 4.82. The summed E-state index contributed by atoms with van der Waals surface area (Å²) in [5.74, 6) is -1.21. The van der Waals surface area contributed by atoms with Gasteiger partial charge < -0.3 is 9.94 Å². The summed E-state index contributed by atoms with van der Waals surface area (Å²) in [5.41, 5.74) is -0.991. The number of rotatable bonds is 6. The van der Waals surface area contributed by atoms with E-state index in [-0.39, 0.29) is 42.7 Å². The predicted molar refractivity (Wildman–Crippen MR) is 87.1 cm³/mol. The highest BCUT2D eigenvalue weighted by Gasteiger charge is 2.53. The first kappa shape index (κ1) is 18.2. The van der Waals surface area contributed by atoms with E-state index in [1.54, 1.807) is 6.21 Å². The summed E-state index contributed by atoms with van der Waals surface area (Å²) in [7, 11) is 0. The predicted octanol–water partition coefficient (Wildman–Crippen LogP) is 1.25. The molecule has 7 nitrogen and oxygen atoms in total. The highest BCUT2D eigenvalue weighted by atomic mass is 16.5. The molecule has 7 heteroatoms. The number of hydrogen-bond acceptors (Lipinski definition) is 5. The first-order chi connectivity index (χ1) is 11.1. The summed E-state index contributed by atoms with van der Waals surface area (Å²) in [6, 6.07) is 0. The van der Waals surface area contributed by atoms with Gasteiger partial charge in [0.25, 0.3) is 11.8 Å². The number of hydrogen-bond donors (Lipinski definition) is 0. The van der Waals surface area contributed by atoms with Crippen LogP contribution in [0.5, 0.6) is 0 Å². The third-order valence-electron chi connectivity index (χ3n) is 4.84. The van der Waals surface area contributed by atoms with Gasteiger partial charge in [-0.1, -0.05) is 0 Å². The maximum Gasteiger partial charge on any atom is 0.305 e. The molecule has 24 heavy (non-hydrogen) atoms. The van der Waals surface area contributed by atoms with E-state index in [2.05, 4.69) is 0 Å². The Balaban J connectivity index is 1.78. The van der Waals surface area contributed by atoms with Crippen LogP contribution in [0.4, 0.5) is 0 Å². The van der Waals surface area contributed by atoms with Crippen molar-refractivity contribution in [1.82, 2.24) is 4.90 Å². The summed E-state index contributed by atoms with van der Waals surface area (Å²) < 4.78 is 6.27. The van der Waals surface area contributed by atoms with Crippen molar-refractivity contribution >= 4 is 24.0 Å². The molecule has 0 radical (unpaired) electrons. The normalized spacial score (nSPS) is 24.4. The first-order valence-corrected chi connectivity index (χ1v) is 8.07. The van der Waals surface area contributed by atoms with Crippen molar-refractivity contribution in [3.8, 4) is 0 Å². The van der Waals surface area contributed by atoms with Crippen LogP contribution >= 0.6 is 0 Å². The average Bonchev–Trinajstić information content (AvgIpc) is 2.85. The van der Waals surface area contributed by atoms with Gasteiger partial charge in [0.05, 0.1) is 11.3 Å². The van der Waals surface area contributed by atoms with Gasteiger partial charge in [-0.05, 0) is 20.3 Å². The van der Waals surface area contributed by atoms with Crippen LogP contribution in [0.2, 0.25) is 0 Å². The summed E-state index contributed by atoms with van der Waals surface area (Å²) in [6.45, 7) is 7.92. The summed E-state index contributed by atoms with van der Waals surface area (Å²) in [6.07, 6.45) is 4.54. The molecule has 0 N–H and O–H groups in total. The van der Waals surface area contributed by atoms with Gasteiger partial charge in [-0.3, -0.25) is 19.3 Å². The van der Waals surface area contributed by atoms with E-state index in [1.807, 2.05) is 27.7 Å². The van der Waals surface area contributed by atoms with Gasteiger partial charge in [-0.2, -0.15) is 0 Å². The molecular weight excluding hydrogens is 312 g/mol. The standard InChI is InChI=1S/C17H24N2O5/c1-16(2)11-19(23)17(3,4)12(16)10-24-15(22)6-5-9-18-13(20)7-8-14(18)21/h7-8,11-12H,5-6,9-10H2,1-4H3. The molecule has 1 atom stereocenters. The molecule has 0 aromatic heterocycles. The first-order valence-electron chi connectivity index (χ1n) is 8.07. The van der Waals surface area contributed by atoms with Crippen molar-refractivity contribution in [2.75, 3.05) is 13.2 Å². The van der Waals surface area contributed by atoms with Crippen molar-refractivity contribution in [2.45, 2.75) is 46.1 Å². The highest BCUT2D eigenvalue weighted by Crippen LogP contribution is 2.40. The SMILES string of the molecule is CC1(C)C=[N+]([O-])C(C)(C)C1COC(=O)CCCN1C(=O)C=CC1=O. The monoisotopic (exact) mass is 336 g/mol. The fraction of sp³-hybridized carbons (Fsp3) is 0.647. The number of amides is 2. The number of carbonyl (C=O) groups is 3. The average molecular weight is 336 g/mol. The summed E-state index contributed by atoms with van der Waals surface area (Å²) >= 11 is 0. The lowest BCUT2D eigenvalue weighted by molar-refractivity contribution is -0.536. The molecule has 0 spiro atoms. The lowest BCUT2D eigenvalue weighted by Gasteiger charge is -2.30. The van der Waals surface area contributed by atoms with Crippen LogP contribution in [-0.4, -0.2) is 52.3 Å². The van der Waals surface area contributed by atoms with Crippen LogP contribution < -0.4 is 0 Å². The highest BCUT2D eigenvalue weighted by molar-refractivity contribution is 6.12. The molecule has 0 aromatic carbocycles. The van der Waals surface area contributed by atoms with E-state index in [4.69, 9.17) is 4.74 Å². The molecule has 1 unspecified atom stereocenters. The smallest absolute Gasteiger partial charge is 0.305 e. The van der Waals surface area contributed by atoms with Gasteiger partial charge in [0.1, 0.15) is 6.61 Å². The van der Waals surface area contributed by atoms with Gasteiger partial charge in [-0.15, -0.1) is 0 Å². The van der Waals surface area contributed by atoms with Crippen molar-refractivity contribution in [3.05, 3.63) is 17.4 Å². The third-order valence-corrected chi connectivity index (χ3v) is 4.84. The zero-order chi connectivity index (χ0) is 18.1. The van der Waals surface area contributed by atoms with Gasteiger partial charge in [0.2, 0.25) is 0 Å². The Morgan fingerprint density at radius 1 is 1.25 bits per heavy atom. The molecule has 2 amide bonds. The van der Waals surface area contributed by atoms with Crippen LogP contribution in [0.15, 0.2) is 12.2 Å². The molecule has 0 saturated heterocycles. The molecule has 2 aliphatic rings. The Morgan fingerprint density at radius 2 is 1.83 bits per heavy atom. The van der Waals surface area contributed by atoms with E-state index in [1.165, 1.54) is 12.2 Å². The number of imide groups is 1. The number of hydroxylamine groups is 1. The fourth-order valence-corrected chi connectivity index (χ4v) is 3.32. The molecule has 132 valence electrons. The Morgan fingerprint density at radius 3 is 2.33 bits per heavy atom. The van der Waals surface area contributed by atoms with E-state index in [9.17, 15) is 19.6 Å². The van der Waals surface area contributed by atoms with Crippen LogP contribution in [0, 0.1) is 16.5 Å². The second-order valence-electron chi connectivity index (χ2n) is 7.43. The van der Waals surface area contributed by atoms with Gasteiger partial charge in [0, 0.05) is 39.0 Å². The third kappa shape index (κ3) is 3.49. The Hall–Kier alpha value is -2.18. The zero-order valence-electron chi connectivity index (χ0n) is 14.6. The van der Waals surface area contributed by atoms with Crippen LogP contribution in [0.1, 0.15) is 40.5 Å². The molecule has 0 saturated carbocycles. The second kappa shape index (κ2) is 6.37. The minimum absolute atomic E-state index is 0.114.